The van der Waals surface area contributed by atoms with Gasteiger partial charge >= 0.3 is 18.0 Å². The second-order valence-electron chi connectivity index (χ2n) is 10.3. The van der Waals surface area contributed by atoms with E-state index in [4.69, 9.17) is 9.47 Å². The van der Waals surface area contributed by atoms with Crippen molar-refractivity contribution in [2.75, 3.05) is 27.2 Å². The maximum Gasteiger partial charge on any atom is 0.330 e. The van der Waals surface area contributed by atoms with E-state index in [1.165, 1.54) is 12.0 Å². The minimum atomic E-state index is -1.35. The Kier molecular flexibility index (Phi) is 7.40. The molecule has 1 saturated heterocycles. The lowest BCUT2D eigenvalue weighted by Gasteiger charge is -2.29. The zero-order valence-electron chi connectivity index (χ0n) is 22.1. The highest BCUT2D eigenvalue weighted by molar-refractivity contribution is 5.94. The summed E-state index contributed by atoms with van der Waals surface area (Å²) in [6.45, 7) is 0.701. The monoisotopic (exact) mass is 535 g/mol. The number of hydrogen-bond donors (Lipinski definition) is 2. The third-order valence-electron chi connectivity index (χ3n) is 7.58. The minimum absolute atomic E-state index is 0.132. The molecule has 0 bridgehead atoms. The van der Waals surface area contributed by atoms with Crippen molar-refractivity contribution in [2.24, 2.45) is 5.92 Å². The Hall–Kier alpha value is -4.15. The van der Waals surface area contributed by atoms with Gasteiger partial charge in [0.15, 0.2) is 0 Å². The van der Waals surface area contributed by atoms with Crippen LogP contribution in [-0.4, -0.2) is 87.7 Å². The number of carboxylic acids is 1. The number of aromatic nitrogens is 2. The number of allylic oxidation sites excluding steroid dienone is 1. The van der Waals surface area contributed by atoms with Crippen LogP contribution in [0.2, 0.25) is 0 Å². The van der Waals surface area contributed by atoms with Gasteiger partial charge in [-0.05, 0) is 25.7 Å². The zero-order chi connectivity index (χ0) is 27.6. The molecule has 2 aliphatic heterocycles. The molecule has 4 atom stereocenters. The summed E-state index contributed by atoms with van der Waals surface area (Å²) in [7, 11) is 3.18. The first kappa shape index (κ1) is 26.5. The van der Waals surface area contributed by atoms with E-state index in [1.807, 2.05) is 42.5 Å². The number of methoxy groups -OCH3 is 1. The van der Waals surface area contributed by atoms with Crippen molar-refractivity contribution in [3.8, 4) is 23.1 Å². The fourth-order valence-electron chi connectivity index (χ4n) is 5.28. The fraction of sp³-hybridized carbons (Fsp3) is 0.464. The lowest BCUT2D eigenvalue weighted by molar-refractivity contribution is -0.144. The van der Waals surface area contributed by atoms with Gasteiger partial charge in [-0.1, -0.05) is 42.5 Å². The van der Waals surface area contributed by atoms with Crippen molar-refractivity contribution in [1.82, 2.24) is 25.1 Å². The number of nitrogens with zero attached hydrogens (tertiary/aromatic N) is 4. The summed E-state index contributed by atoms with van der Waals surface area (Å²) in [6.07, 6.45) is 6.30. The van der Waals surface area contributed by atoms with Crippen molar-refractivity contribution in [3.05, 3.63) is 48.6 Å². The van der Waals surface area contributed by atoms with Crippen LogP contribution in [0.15, 0.2) is 48.6 Å². The molecule has 2 fully saturated rings. The van der Waals surface area contributed by atoms with Crippen LogP contribution in [0.5, 0.6) is 11.9 Å². The highest BCUT2D eigenvalue weighted by Crippen LogP contribution is 2.45. The van der Waals surface area contributed by atoms with Crippen molar-refractivity contribution in [2.45, 2.75) is 49.8 Å². The van der Waals surface area contributed by atoms with Crippen LogP contribution in [0.25, 0.3) is 11.3 Å². The van der Waals surface area contributed by atoms with Crippen LogP contribution in [0.1, 0.15) is 32.1 Å². The van der Waals surface area contributed by atoms with Gasteiger partial charge in [0, 0.05) is 37.6 Å². The normalized spacial score (nSPS) is 27.2. The molecule has 5 rings (SSSR count). The van der Waals surface area contributed by atoms with Crippen LogP contribution in [-0.2, 0) is 9.59 Å². The first-order valence-electron chi connectivity index (χ1n) is 13.2. The predicted octanol–water partition coefficient (Wildman–Crippen LogP) is 2.73. The number of benzene rings is 1. The van der Waals surface area contributed by atoms with Gasteiger partial charge in [-0.15, -0.1) is 0 Å². The first-order chi connectivity index (χ1) is 18.8. The fourth-order valence-corrected chi connectivity index (χ4v) is 5.28. The molecule has 1 saturated carbocycles. The number of fused-ring (bicyclic) bond motifs is 2. The Morgan fingerprint density at radius 3 is 2.72 bits per heavy atom. The van der Waals surface area contributed by atoms with Crippen molar-refractivity contribution < 1.29 is 29.0 Å². The Balaban J connectivity index is 1.40. The van der Waals surface area contributed by atoms with Crippen LogP contribution in [0.4, 0.5) is 4.79 Å². The molecule has 4 unspecified atom stereocenters. The van der Waals surface area contributed by atoms with Gasteiger partial charge in [-0.25, -0.2) is 9.59 Å². The van der Waals surface area contributed by atoms with E-state index in [0.29, 0.717) is 18.7 Å². The molecule has 1 aromatic carbocycles. The molecule has 11 nitrogen and oxygen atoms in total. The first-order valence-corrected chi connectivity index (χ1v) is 13.2. The van der Waals surface area contributed by atoms with E-state index >= 15 is 0 Å². The number of carbonyl (C=O) groups is 3. The number of urea groups is 1. The summed E-state index contributed by atoms with van der Waals surface area (Å²) in [4.78, 5) is 50.9. The Labute approximate surface area is 226 Å². The highest BCUT2D eigenvalue weighted by Gasteiger charge is 2.61. The molecule has 3 amide bonds. The second-order valence-corrected chi connectivity index (χ2v) is 10.3. The minimum Gasteiger partial charge on any atom is -0.479 e. The summed E-state index contributed by atoms with van der Waals surface area (Å²) in [5.74, 6) is -1.58. The van der Waals surface area contributed by atoms with Crippen LogP contribution in [0.3, 0.4) is 0 Å². The van der Waals surface area contributed by atoms with Gasteiger partial charge in [0.25, 0.3) is 0 Å². The largest absolute Gasteiger partial charge is 0.479 e. The van der Waals surface area contributed by atoms with E-state index in [1.54, 1.807) is 18.0 Å². The Morgan fingerprint density at radius 2 is 1.97 bits per heavy atom. The standard InChI is InChI=1S/C28H33N5O6/c1-32-13-9-4-3-8-12-19-16-28(19,25(35)36)31-24(34)22-14-20(17-33(22)27(32)37)39-23-15-21(29-26(30-23)38-2)18-10-6-5-7-11-18/h5-8,10-12,15,19-20,22H,3-4,9,13-14,16-17H2,1-2H3,(H,31,34)(H,35,36). The van der Waals surface area contributed by atoms with Gasteiger partial charge in [0.2, 0.25) is 11.8 Å². The summed E-state index contributed by atoms with van der Waals surface area (Å²) in [5.41, 5.74) is 0.121. The number of amides is 3. The molecule has 39 heavy (non-hydrogen) atoms. The Morgan fingerprint density at radius 1 is 1.18 bits per heavy atom. The van der Waals surface area contributed by atoms with E-state index in [-0.39, 0.29) is 36.8 Å². The van der Waals surface area contributed by atoms with Crippen LogP contribution >= 0.6 is 0 Å². The van der Waals surface area contributed by atoms with Gasteiger partial charge < -0.3 is 29.7 Å². The number of nitrogens with one attached hydrogen (secondary N) is 1. The number of aliphatic carboxylic acids is 1. The lowest BCUT2D eigenvalue weighted by Crippen LogP contribution is -2.54. The summed E-state index contributed by atoms with van der Waals surface area (Å²) in [5, 5.41) is 12.7. The molecule has 0 radical (unpaired) electrons. The van der Waals surface area contributed by atoms with E-state index in [2.05, 4.69) is 15.3 Å². The molecule has 0 spiro atoms. The predicted molar refractivity (Wildman–Crippen MR) is 141 cm³/mol. The van der Waals surface area contributed by atoms with Crippen LogP contribution < -0.4 is 14.8 Å². The molecular weight excluding hydrogens is 502 g/mol. The molecule has 1 aliphatic carbocycles. The van der Waals surface area contributed by atoms with E-state index in [9.17, 15) is 19.5 Å². The van der Waals surface area contributed by atoms with E-state index < -0.39 is 29.6 Å². The summed E-state index contributed by atoms with van der Waals surface area (Å²) in [6, 6.07) is 10.2. The quantitative estimate of drug-likeness (QED) is 0.559. The maximum atomic E-state index is 13.5. The number of carboxylic acid groups (broad SMARTS) is 1. The SMILES string of the molecule is COc1nc(OC2CC3C(=O)NC4(C(=O)O)CC4C=CCCCCN(C)C(=O)N3C2)cc(-c2ccccc2)n1. The third-order valence-corrected chi connectivity index (χ3v) is 7.58. The third kappa shape index (κ3) is 5.52. The van der Waals surface area contributed by atoms with Crippen molar-refractivity contribution in [3.63, 3.8) is 0 Å². The molecular formula is C28H33N5O6. The maximum absolute atomic E-state index is 13.5. The van der Waals surface area contributed by atoms with Gasteiger partial charge in [0.05, 0.1) is 19.3 Å². The average Bonchev–Trinajstić information content (AvgIpc) is 3.48. The second kappa shape index (κ2) is 10.9. The van der Waals surface area contributed by atoms with Gasteiger partial charge in [-0.2, -0.15) is 9.97 Å². The Bertz CT molecular complexity index is 1270. The molecule has 2 aromatic rings. The average molecular weight is 536 g/mol. The van der Waals surface area contributed by atoms with Crippen molar-refractivity contribution in [1.29, 1.82) is 0 Å². The number of carbonyl (C=O) groups excluding carboxylic acids is 2. The molecule has 2 N–H and O–H groups in total. The summed E-state index contributed by atoms with van der Waals surface area (Å²) < 4.78 is 11.5. The zero-order valence-corrected chi connectivity index (χ0v) is 22.1. The van der Waals surface area contributed by atoms with Crippen LogP contribution in [0, 0.1) is 5.92 Å². The molecule has 11 heteroatoms. The molecule has 1 aromatic heterocycles. The molecule has 206 valence electrons. The molecule has 3 heterocycles. The molecule has 3 aliphatic rings. The summed E-state index contributed by atoms with van der Waals surface area (Å²) >= 11 is 0. The van der Waals surface area contributed by atoms with E-state index in [0.717, 1.165) is 24.8 Å². The number of ether oxygens (including phenoxy) is 2. The smallest absolute Gasteiger partial charge is 0.330 e. The number of rotatable bonds is 5. The van der Waals surface area contributed by atoms with Gasteiger partial charge in [-0.3, -0.25) is 4.79 Å². The lowest BCUT2D eigenvalue weighted by atomic mass is 10.1. The van der Waals surface area contributed by atoms with Gasteiger partial charge in [0.1, 0.15) is 17.7 Å². The topological polar surface area (TPSA) is 134 Å². The highest BCUT2D eigenvalue weighted by atomic mass is 16.5. The van der Waals surface area contributed by atoms with Crippen molar-refractivity contribution >= 4 is 17.9 Å². The number of hydrogen-bond acceptors (Lipinski definition) is 7.